The molecule has 3 N–H and O–H groups in total. The van der Waals surface area contributed by atoms with E-state index >= 15 is 0 Å². The van der Waals surface area contributed by atoms with Gasteiger partial charge in [-0.15, -0.1) is 0 Å². The van der Waals surface area contributed by atoms with Crippen LogP contribution in [0.3, 0.4) is 0 Å². The number of rotatable bonds is 11. The van der Waals surface area contributed by atoms with Gasteiger partial charge in [0.1, 0.15) is 12.3 Å². The quantitative estimate of drug-likeness (QED) is 0.420. The molecular weight excluding hydrogens is 318 g/mol. The number of nitrogens with one attached hydrogen (secondary N) is 3. The Bertz CT molecular complexity index is 585. The summed E-state index contributed by atoms with van der Waals surface area (Å²) in [4.78, 5) is 24.7. The number of benzene rings is 1. The molecule has 6 heteroatoms. The van der Waals surface area contributed by atoms with E-state index in [9.17, 15) is 9.59 Å². The molecule has 0 bridgehead atoms. The van der Waals surface area contributed by atoms with Crippen molar-refractivity contribution < 1.29 is 14.3 Å². The highest BCUT2D eigenvalue weighted by Crippen LogP contribution is 2.12. The van der Waals surface area contributed by atoms with Crippen LogP contribution in [0.1, 0.15) is 32.8 Å². The number of allylic oxidation sites excluding steroid dienone is 1. The van der Waals surface area contributed by atoms with Crippen molar-refractivity contribution in [3.05, 3.63) is 47.4 Å². The monoisotopic (exact) mass is 347 g/mol. The van der Waals surface area contributed by atoms with Gasteiger partial charge in [0.05, 0.1) is 0 Å². The van der Waals surface area contributed by atoms with Crippen molar-refractivity contribution in [1.82, 2.24) is 16.0 Å². The first kappa shape index (κ1) is 20.7. The maximum atomic E-state index is 12.5. The fraction of sp³-hybridized carbons (Fsp3) is 0.474. The van der Waals surface area contributed by atoms with Crippen LogP contribution < -0.4 is 16.0 Å². The molecule has 1 amide bonds. The lowest BCUT2D eigenvalue weighted by Gasteiger charge is -2.17. The first-order valence-corrected chi connectivity index (χ1v) is 8.66. The molecule has 6 nitrogen and oxygen atoms in total. The van der Waals surface area contributed by atoms with E-state index in [1.807, 2.05) is 44.2 Å². The summed E-state index contributed by atoms with van der Waals surface area (Å²) in [7, 11) is 1.61. The highest BCUT2D eigenvalue weighted by Gasteiger charge is 2.21. The fourth-order valence-electron chi connectivity index (χ4n) is 2.27. The summed E-state index contributed by atoms with van der Waals surface area (Å²) < 4.78 is 5.70. The van der Waals surface area contributed by atoms with E-state index in [2.05, 4.69) is 16.0 Å². The molecule has 0 fully saturated rings. The summed E-state index contributed by atoms with van der Waals surface area (Å²) in [5.41, 5.74) is 1.09. The Morgan fingerprint density at radius 2 is 1.84 bits per heavy atom. The molecule has 25 heavy (non-hydrogen) atoms. The third kappa shape index (κ3) is 6.97. The molecule has 1 aromatic carbocycles. The molecule has 0 heterocycles. The minimum atomic E-state index is -0.350. The van der Waals surface area contributed by atoms with Gasteiger partial charge in [-0.2, -0.15) is 0 Å². The van der Waals surface area contributed by atoms with E-state index in [0.29, 0.717) is 6.54 Å². The van der Waals surface area contributed by atoms with E-state index in [-0.39, 0.29) is 42.2 Å². The second kappa shape index (κ2) is 11.3. The second-order valence-corrected chi connectivity index (χ2v) is 5.67. The molecule has 0 aromatic heterocycles. The van der Waals surface area contributed by atoms with Crippen LogP contribution in [-0.2, 0) is 20.9 Å². The van der Waals surface area contributed by atoms with Gasteiger partial charge in [0.15, 0.2) is 11.5 Å². The largest absolute Gasteiger partial charge is 0.483 e. The van der Waals surface area contributed by atoms with Crippen molar-refractivity contribution in [3.8, 4) is 0 Å². The van der Waals surface area contributed by atoms with Gasteiger partial charge in [0, 0.05) is 26.1 Å². The lowest BCUT2D eigenvalue weighted by Crippen LogP contribution is -2.41. The van der Waals surface area contributed by atoms with Crippen LogP contribution in [0.5, 0.6) is 0 Å². The summed E-state index contributed by atoms with van der Waals surface area (Å²) in [5.74, 6) is -0.491. The number of likely N-dealkylation sites (N-methyl/N-ethyl adjacent to an activating group) is 2. The number of hydrogen-bond acceptors (Lipinski definition) is 5. The molecule has 0 saturated carbocycles. The topological polar surface area (TPSA) is 79.5 Å². The molecule has 0 aliphatic heterocycles. The Kier molecular flexibility index (Phi) is 9.32. The lowest BCUT2D eigenvalue weighted by molar-refractivity contribution is -0.122. The van der Waals surface area contributed by atoms with Crippen molar-refractivity contribution in [3.63, 3.8) is 0 Å². The van der Waals surface area contributed by atoms with Crippen LogP contribution in [-0.4, -0.2) is 37.9 Å². The molecule has 1 rings (SSSR count). The molecular formula is C19H29N3O3. The van der Waals surface area contributed by atoms with Gasteiger partial charge in [0.2, 0.25) is 0 Å². The van der Waals surface area contributed by atoms with E-state index in [1.165, 1.54) is 0 Å². The summed E-state index contributed by atoms with van der Waals surface area (Å²) in [5, 5.41) is 8.85. The molecule has 1 atom stereocenters. The smallest absolute Gasteiger partial charge is 0.271 e. The zero-order chi connectivity index (χ0) is 18.7. The number of Topliss-reactive ketones (excluding diaryl/α,β-unsaturated/α-hetero) is 1. The summed E-state index contributed by atoms with van der Waals surface area (Å²) in [6.45, 7) is 7.25. The van der Waals surface area contributed by atoms with E-state index in [4.69, 9.17) is 4.74 Å². The Labute approximate surface area is 150 Å². The van der Waals surface area contributed by atoms with E-state index in [1.54, 1.807) is 14.0 Å². The first-order chi connectivity index (χ1) is 12.0. The van der Waals surface area contributed by atoms with Crippen molar-refractivity contribution in [2.45, 2.75) is 39.8 Å². The van der Waals surface area contributed by atoms with Crippen LogP contribution in [0.2, 0.25) is 0 Å². The summed E-state index contributed by atoms with van der Waals surface area (Å²) in [6, 6.07) is 9.67. The number of ether oxygens (including phenoxy) is 1. The van der Waals surface area contributed by atoms with Crippen molar-refractivity contribution >= 4 is 11.7 Å². The van der Waals surface area contributed by atoms with Crippen LogP contribution >= 0.6 is 0 Å². The average Bonchev–Trinajstić information content (AvgIpc) is 2.63. The highest BCUT2D eigenvalue weighted by atomic mass is 16.5. The Morgan fingerprint density at radius 3 is 2.40 bits per heavy atom. The van der Waals surface area contributed by atoms with Gasteiger partial charge >= 0.3 is 0 Å². The van der Waals surface area contributed by atoms with E-state index in [0.717, 1.165) is 12.1 Å². The van der Waals surface area contributed by atoms with Crippen LogP contribution in [0.15, 0.2) is 41.8 Å². The molecule has 0 aliphatic rings. The molecule has 138 valence electrons. The van der Waals surface area contributed by atoms with Gasteiger partial charge in [-0.1, -0.05) is 44.2 Å². The SMILES string of the molecule is CCN[C@@H](C)CNC(=O)/C(NC)=C(\OCc1ccccc1)C(=O)CC. The number of amides is 1. The summed E-state index contributed by atoms with van der Waals surface area (Å²) in [6.07, 6.45) is 0.260. The maximum Gasteiger partial charge on any atom is 0.271 e. The lowest BCUT2D eigenvalue weighted by atomic mass is 10.2. The number of carbonyl (C=O) groups excluding carboxylic acids is 2. The van der Waals surface area contributed by atoms with Crippen LogP contribution in [0, 0.1) is 0 Å². The zero-order valence-electron chi connectivity index (χ0n) is 15.5. The predicted molar refractivity (Wildman–Crippen MR) is 98.8 cm³/mol. The molecule has 0 spiro atoms. The van der Waals surface area contributed by atoms with Gasteiger partial charge < -0.3 is 20.7 Å². The minimum Gasteiger partial charge on any atom is -0.483 e. The Hall–Kier alpha value is -2.34. The van der Waals surface area contributed by atoms with E-state index < -0.39 is 0 Å². The minimum absolute atomic E-state index is 0.0717. The molecule has 0 saturated heterocycles. The van der Waals surface area contributed by atoms with Gasteiger partial charge in [-0.05, 0) is 19.0 Å². The first-order valence-electron chi connectivity index (χ1n) is 8.66. The fourth-order valence-corrected chi connectivity index (χ4v) is 2.27. The molecule has 0 radical (unpaired) electrons. The third-order valence-corrected chi connectivity index (χ3v) is 3.63. The third-order valence-electron chi connectivity index (χ3n) is 3.63. The standard InChI is InChI=1S/C19H29N3O3/c1-5-16(23)18(25-13-15-10-8-7-9-11-15)17(20-4)19(24)22-12-14(3)21-6-2/h7-11,14,20-21H,5-6,12-13H2,1-4H3,(H,22,24)/b18-17+/t14-/m0/s1. The van der Waals surface area contributed by atoms with Crippen molar-refractivity contribution in [2.24, 2.45) is 0 Å². The predicted octanol–water partition coefficient (Wildman–Crippen LogP) is 1.73. The second-order valence-electron chi connectivity index (χ2n) is 5.67. The molecule has 0 aliphatic carbocycles. The highest BCUT2D eigenvalue weighted by molar-refractivity contribution is 6.03. The van der Waals surface area contributed by atoms with Crippen molar-refractivity contribution in [1.29, 1.82) is 0 Å². The Balaban J connectivity index is 2.88. The number of hydrogen-bond donors (Lipinski definition) is 3. The zero-order valence-corrected chi connectivity index (χ0v) is 15.5. The normalized spacial score (nSPS) is 12.8. The average molecular weight is 347 g/mol. The molecule has 1 aromatic rings. The van der Waals surface area contributed by atoms with Gasteiger partial charge in [-0.3, -0.25) is 9.59 Å². The number of carbonyl (C=O) groups is 2. The van der Waals surface area contributed by atoms with Crippen LogP contribution in [0.4, 0.5) is 0 Å². The maximum absolute atomic E-state index is 12.5. The van der Waals surface area contributed by atoms with Crippen LogP contribution in [0.25, 0.3) is 0 Å². The molecule has 0 unspecified atom stereocenters. The Morgan fingerprint density at radius 1 is 1.16 bits per heavy atom. The summed E-state index contributed by atoms with van der Waals surface area (Å²) >= 11 is 0. The number of ketones is 1. The van der Waals surface area contributed by atoms with Gasteiger partial charge in [-0.25, -0.2) is 0 Å². The van der Waals surface area contributed by atoms with Crippen molar-refractivity contribution in [2.75, 3.05) is 20.1 Å². The van der Waals surface area contributed by atoms with Gasteiger partial charge in [0.25, 0.3) is 5.91 Å².